The van der Waals surface area contributed by atoms with Crippen molar-refractivity contribution in [2.24, 2.45) is 0 Å². The Bertz CT molecular complexity index is 195. The first-order valence-electron chi connectivity index (χ1n) is 2.32. The number of halogens is 1. The van der Waals surface area contributed by atoms with Crippen LogP contribution in [-0.2, 0) is 0 Å². The average molecular weight is 190 g/mol. The summed E-state index contributed by atoms with van der Waals surface area (Å²) in [4.78, 5) is 14.3. The number of nitrogens with zero attached hydrogens (tertiary/aromatic N) is 1. The number of aromatic nitrogens is 1. The topological polar surface area (TPSA) is 43.1 Å². The summed E-state index contributed by atoms with van der Waals surface area (Å²) >= 11 is 3.00. The summed E-state index contributed by atoms with van der Waals surface area (Å²) in [5, 5.41) is 0.280. The Balaban J connectivity index is 2.77. The zero-order valence-electron chi connectivity index (χ0n) is 4.50. The number of Topliss-reactive ketones (excluding diaryl/α,β-unsaturated/α-hetero) is 1. The van der Waals surface area contributed by atoms with Gasteiger partial charge in [0.05, 0.1) is 11.5 Å². The lowest BCUT2D eigenvalue weighted by molar-refractivity contribution is 0.0993. The maximum atomic E-state index is 10.7. The van der Waals surface area contributed by atoms with Gasteiger partial charge in [-0.15, -0.1) is 0 Å². The molecule has 0 fully saturated rings. The summed E-state index contributed by atoms with van der Waals surface area (Å²) < 4.78 is 4.70. The minimum atomic E-state index is -0.0903. The molecular formula is C5H4BrNO2. The molecule has 0 aromatic carbocycles. The van der Waals surface area contributed by atoms with Gasteiger partial charge in [-0.25, -0.2) is 4.98 Å². The summed E-state index contributed by atoms with van der Waals surface area (Å²) in [6, 6.07) is 0. The molecule has 0 spiro atoms. The highest BCUT2D eigenvalue weighted by Crippen LogP contribution is 1.99. The van der Waals surface area contributed by atoms with Crippen molar-refractivity contribution < 1.29 is 9.21 Å². The van der Waals surface area contributed by atoms with Crippen LogP contribution >= 0.6 is 15.9 Å². The maximum Gasteiger partial charge on any atom is 0.210 e. The van der Waals surface area contributed by atoms with Gasteiger partial charge in [0.1, 0.15) is 0 Å². The van der Waals surface area contributed by atoms with Gasteiger partial charge in [0, 0.05) is 0 Å². The standard InChI is InChI=1S/C5H4BrNO2/c6-1-4(8)5-2-7-3-9-5/h2-3H,1H2. The van der Waals surface area contributed by atoms with Crippen LogP contribution in [0.15, 0.2) is 17.0 Å². The van der Waals surface area contributed by atoms with Crippen LogP contribution in [0.1, 0.15) is 10.6 Å². The third-order valence-corrected chi connectivity index (χ3v) is 1.34. The summed E-state index contributed by atoms with van der Waals surface area (Å²) in [5.74, 6) is 0.208. The first kappa shape index (κ1) is 6.48. The molecule has 0 aliphatic rings. The quantitative estimate of drug-likeness (QED) is 0.520. The molecular weight excluding hydrogens is 186 g/mol. The number of rotatable bonds is 2. The molecule has 0 N–H and O–H groups in total. The van der Waals surface area contributed by atoms with Gasteiger partial charge in [0.25, 0.3) is 0 Å². The third-order valence-electron chi connectivity index (χ3n) is 0.829. The molecule has 0 atom stereocenters. The summed E-state index contributed by atoms with van der Waals surface area (Å²) in [5.41, 5.74) is 0. The van der Waals surface area contributed by atoms with E-state index in [4.69, 9.17) is 4.42 Å². The van der Waals surface area contributed by atoms with Gasteiger partial charge in [-0.1, -0.05) is 15.9 Å². The molecule has 0 aliphatic heterocycles. The second-order valence-electron chi connectivity index (χ2n) is 1.42. The lowest BCUT2D eigenvalue weighted by Crippen LogP contribution is -1.96. The molecule has 9 heavy (non-hydrogen) atoms. The van der Waals surface area contributed by atoms with Gasteiger partial charge in [-0.05, 0) is 0 Å². The van der Waals surface area contributed by atoms with Crippen LogP contribution in [0, 0.1) is 0 Å². The molecule has 0 amide bonds. The van der Waals surface area contributed by atoms with Gasteiger partial charge in [-0.3, -0.25) is 4.79 Å². The molecule has 1 rings (SSSR count). The Kier molecular flexibility index (Phi) is 2.00. The molecule has 0 bridgehead atoms. The van der Waals surface area contributed by atoms with Gasteiger partial charge in [0.15, 0.2) is 12.2 Å². The van der Waals surface area contributed by atoms with Gasteiger partial charge in [-0.2, -0.15) is 0 Å². The largest absolute Gasteiger partial charge is 0.440 e. The van der Waals surface area contributed by atoms with E-state index in [9.17, 15) is 4.79 Å². The van der Waals surface area contributed by atoms with Crippen molar-refractivity contribution >= 4 is 21.7 Å². The second-order valence-corrected chi connectivity index (χ2v) is 1.98. The fourth-order valence-corrected chi connectivity index (χ4v) is 0.696. The molecule has 0 radical (unpaired) electrons. The van der Waals surface area contributed by atoms with Crippen LogP contribution in [0.2, 0.25) is 0 Å². The minimum absolute atomic E-state index is 0.0903. The zero-order valence-corrected chi connectivity index (χ0v) is 6.09. The maximum absolute atomic E-state index is 10.7. The fourth-order valence-electron chi connectivity index (χ4n) is 0.419. The minimum Gasteiger partial charge on any atom is -0.440 e. The van der Waals surface area contributed by atoms with Gasteiger partial charge in [0.2, 0.25) is 5.78 Å². The molecule has 3 nitrogen and oxygen atoms in total. The van der Waals surface area contributed by atoms with E-state index in [0.29, 0.717) is 5.76 Å². The van der Waals surface area contributed by atoms with Crippen molar-refractivity contribution in [1.82, 2.24) is 4.98 Å². The Morgan fingerprint density at radius 2 is 2.67 bits per heavy atom. The van der Waals surface area contributed by atoms with Crippen LogP contribution < -0.4 is 0 Å². The number of carbonyl (C=O) groups is 1. The first-order chi connectivity index (χ1) is 4.34. The van der Waals surface area contributed by atoms with Crippen LogP contribution in [0.3, 0.4) is 0 Å². The highest BCUT2D eigenvalue weighted by molar-refractivity contribution is 9.09. The Hall–Kier alpha value is -0.640. The van der Waals surface area contributed by atoms with Crippen LogP contribution in [0.4, 0.5) is 0 Å². The van der Waals surface area contributed by atoms with E-state index in [2.05, 4.69) is 20.9 Å². The van der Waals surface area contributed by atoms with E-state index in [1.54, 1.807) is 0 Å². The molecule has 1 aromatic heterocycles. The van der Waals surface area contributed by atoms with E-state index in [1.807, 2.05) is 0 Å². The third kappa shape index (κ3) is 1.38. The Labute approximate surface area is 60.2 Å². The van der Waals surface area contributed by atoms with Gasteiger partial charge < -0.3 is 4.42 Å². The van der Waals surface area contributed by atoms with Crippen molar-refractivity contribution in [2.45, 2.75) is 0 Å². The first-order valence-corrected chi connectivity index (χ1v) is 3.44. The Morgan fingerprint density at radius 1 is 1.89 bits per heavy atom. The monoisotopic (exact) mass is 189 g/mol. The normalized spacial score (nSPS) is 9.44. The van der Waals surface area contributed by atoms with Crippen molar-refractivity contribution in [3.05, 3.63) is 18.4 Å². The van der Waals surface area contributed by atoms with E-state index < -0.39 is 0 Å². The van der Waals surface area contributed by atoms with E-state index in [-0.39, 0.29) is 11.1 Å². The van der Waals surface area contributed by atoms with Crippen LogP contribution in [0.5, 0.6) is 0 Å². The lowest BCUT2D eigenvalue weighted by Gasteiger charge is -1.83. The van der Waals surface area contributed by atoms with Crippen molar-refractivity contribution in [1.29, 1.82) is 0 Å². The zero-order chi connectivity index (χ0) is 6.69. The van der Waals surface area contributed by atoms with Crippen molar-refractivity contribution in [3.8, 4) is 0 Å². The molecule has 0 saturated heterocycles. The highest BCUT2D eigenvalue weighted by atomic mass is 79.9. The molecule has 4 heteroatoms. The predicted octanol–water partition coefficient (Wildman–Crippen LogP) is 1.25. The highest BCUT2D eigenvalue weighted by Gasteiger charge is 2.05. The molecule has 0 aliphatic carbocycles. The molecule has 0 unspecified atom stereocenters. The van der Waals surface area contributed by atoms with Gasteiger partial charge >= 0.3 is 0 Å². The predicted molar refractivity (Wildman–Crippen MR) is 34.6 cm³/mol. The average Bonchev–Trinajstić information content (AvgIpc) is 2.37. The number of hydrogen-bond donors (Lipinski definition) is 0. The molecule has 48 valence electrons. The van der Waals surface area contributed by atoms with E-state index >= 15 is 0 Å². The SMILES string of the molecule is O=C(CBr)c1cnco1. The fraction of sp³-hybridized carbons (Fsp3) is 0.200. The molecule has 1 heterocycles. The summed E-state index contributed by atoms with van der Waals surface area (Å²) in [7, 11) is 0. The van der Waals surface area contributed by atoms with E-state index in [0.717, 1.165) is 0 Å². The molecule has 0 saturated carbocycles. The number of alkyl halides is 1. The van der Waals surface area contributed by atoms with Crippen LogP contribution in [-0.4, -0.2) is 16.1 Å². The van der Waals surface area contributed by atoms with Crippen LogP contribution in [0.25, 0.3) is 0 Å². The number of carbonyl (C=O) groups excluding carboxylic acids is 1. The smallest absolute Gasteiger partial charge is 0.210 e. The lowest BCUT2D eigenvalue weighted by atomic mass is 10.4. The van der Waals surface area contributed by atoms with E-state index in [1.165, 1.54) is 12.6 Å². The molecule has 1 aromatic rings. The van der Waals surface area contributed by atoms with Crippen molar-refractivity contribution in [2.75, 3.05) is 5.33 Å². The summed E-state index contributed by atoms with van der Waals surface area (Å²) in [6.07, 6.45) is 2.62. The number of oxazole rings is 1. The summed E-state index contributed by atoms with van der Waals surface area (Å²) in [6.45, 7) is 0. The Morgan fingerprint density at radius 3 is 3.11 bits per heavy atom. The number of ketones is 1. The van der Waals surface area contributed by atoms with Crippen molar-refractivity contribution in [3.63, 3.8) is 0 Å². The second kappa shape index (κ2) is 2.77. The number of hydrogen-bond acceptors (Lipinski definition) is 3.